The standard InChI is InChI=1S/C11H8FN5O2S2/c12-7-1-3-8(4-2-7)16-21(18,19)17-6-15-9-10(17)13-5-14-11(9)20/h1-6,16H,(H,13,14,20). The fraction of sp³-hybridized carbons (Fsp3) is 0. The van der Waals surface area contributed by atoms with Gasteiger partial charge in [0.25, 0.3) is 0 Å². The Hall–Kier alpha value is -2.33. The second-order valence-corrected chi connectivity index (χ2v) is 5.99. The van der Waals surface area contributed by atoms with Gasteiger partial charge in [0.1, 0.15) is 17.7 Å². The number of nitrogens with one attached hydrogen (secondary N) is 2. The van der Waals surface area contributed by atoms with E-state index < -0.39 is 16.0 Å². The minimum Gasteiger partial charge on any atom is -0.330 e. The summed E-state index contributed by atoms with van der Waals surface area (Å²) in [5.41, 5.74) is 0.701. The van der Waals surface area contributed by atoms with Gasteiger partial charge in [-0.2, -0.15) is 12.4 Å². The van der Waals surface area contributed by atoms with Crippen LogP contribution in [0.2, 0.25) is 0 Å². The fourth-order valence-electron chi connectivity index (χ4n) is 1.73. The van der Waals surface area contributed by atoms with Crippen LogP contribution in [0.25, 0.3) is 11.2 Å². The Labute approximate surface area is 123 Å². The van der Waals surface area contributed by atoms with Gasteiger partial charge in [0.15, 0.2) is 10.3 Å². The summed E-state index contributed by atoms with van der Waals surface area (Å²) in [6.07, 6.45) is 2.40. The molecule has 21 heavy (non-hydrogen) atoms. The summed E-state index contributed by atoms with van der Waals surface area (Å²) in [5.74, 6) is -0.457. The second-order valence-electron chi connectivity index (χ2n) is 4.06. The third-order valence-corrected chi connectivity index (χ3v) is 4.26. The second kappa shape index (κ2) is 4.90. The van der Waals surface area contributed by atoms with E-state index in [0.29, 0.717) is 0 Å². The molecule has 0 aliphatic rings. The van der Waals surface area contributed by atoms with Gasteiger partial charge in [-0.15, -0.1) is 0 Å². The van der Waals surface area contributed by atoms with Crippen molar-refractivity contribution in [3.63, 3.8) is 0 Å². The van der Waals surface area contributed by atoms with E-state index >= 15 is 0 Å². The highest BCUT2D eigenvalue weighted by atomic mass is 32.2. The Balaban J connectivity index is 2.06. The smallest absolute Gasteiger partial charge is 0.330 e. The molecule has 108 valence electrons. The van der Waals surface area contributed by atoms with E-state index in [4.69, 9.17) is 12.2 Å². The molecule has 0 bridgehead atoms. The lowest BCUT2D eigenvalue weighted by molar-refractivity contribution is 0.593. The van der Waals surface area contributed by atoms with E-state index in [9.17, 15) is 12.8 Å². The van der Waals surface area contributed by atoms with Crippen LogP contribution in [0, 0.1) is 10.5 Å². The summed E-state index contributed by atoms with van der Waals surface area (Å²) in [6, 6.07) is 4.94. The number of halogens is 1. The first-order valence-corrected chi connectivity index (χ1v) is 7.52. The summed E-state index contributed by atoms with van der Waals surface area (Å²) >= 11 is 4.97. The van der Waals surface area contributed by atoms with Crippen molar-refractivity contribution in [1.29, 1.82) is 0 Å². The van der Waals surface area contributed by atoms with Gasteiger partial charge in [0, 0.05) is 0 Å². The molecule has 0 saturated carbocycles. The zero-order valence-electron chi connectivity index (χ0n) is 10.3. The number of H-pyrrole nitrogens is 1. The van der Waals surface area contributed by atoms with Gasteiger partial charge in [0.05, 0.1) is 12.0 Å². The van der Waals surface area contributed by atoms with Gasteiger partial charge in [-0.3, -0.25) is 4.72 Å². The monoisotopic (exact) mass is 325 g/mol. The normalized spacial score (nSPS) is 11.7. The number of benzene rings is 1. The molecule has 0 spiro atoms. The molecule has 0 aliphatic heterocycles. The van der Waals surface area contributed by atoms with Crippen LogP contribution in [0.5, 0.6) is 0 Å². The van der Waals surface area contributed by atoms with Crippen LogP contribution in [-0.4, -0.2) is 27.3 Å². The Morgan fingerprint density at radius 1 is 1.24 bits per heavy atom. The number of anilines is 1. The number of aromatic nitrogens is 4. The summed E-state index contributed by atoms with van der Waals surface area (Å²) in [6.45, 7) is 0. The van der Waals surface area contributed by atoms with Crippen LogP contribution in [0.1, 0.15) is 0 Å². The summed E-state index contributed by atoms with van der Waals surface area (Å²) < 4.78 is 40.9. The van der Waals surface area contributed by atoms with Gasteiger partial charge in [-0.1, -0.05) is 12.2 Å². The lowest BCUT2D eigenvalue weighted by Crippen LogP contribution is -2.21. The highest BCUT2D eigenvalue weighted by molar-refractivity contribution is 7.91. The largest absolute Gasteiger partial charge is 0.330 e. The predicted molar refractivity (Wildman–Crippen MR) is 77.1 cm³/mol. The number of aromatic amines is 1. The maximum Gasteiger partial charge on any atom is 0.330 e. The molecule has 0 radical (unpaired) electrons. The molecular weight excluding hydrogens is 317 g/mol. The molecule has 3 aromatic rings. The van der Waals surface area contributed by atoms with Crippen molar-refractivity contribution in [2.24, 2.45) is 0 Å². The average molecular weight is 325 g/mol. The molecule has 2 aromatic heterocycles. The average Bonchev–Trinajstić information content (AvgIpc) is 2.87. The van der Waals surface area contributed by atoms with Gasteiger partial charge in [0.2, 0.25) is 0 Å². The fourth-order valence-corrected chi connectivity index (χ4v) is 3.02. The molecule has 7 nitrogen and oxygen atoms in total. The third-order valence-electron chi connectivity index (χ3n) is 2.67. The van der Waals surface area contributed by atoms with Crippen LogP contribution >= 0.6 is 12.2 Å². The highest BCUT2D eigenvalue weighted by Gasteiger charge is 2.17. The van der Waals surface area contributed by atoms with Crippen LogP contribution in [0.3, 0.4) is 0 Å². The molecular formula is C11H8FN5O2S2. The summed E-state index contributed by atoms with van der Waals surface area (Å²) in [7, 11) is -3.95. The number of imidazole rings is 1. The van der Waals surface area contributed by atoms with E-state index in [1.54, 1.807) is 0 Å². The summed E-state index contributed by atoms with van der Waals surface area (Å²) in [5, 5.41) is 0. The number of fused-ring (bicyclic) bond motifs is 1. The molecule has 0 aliphatic carbocycles. The first kappa shape index (κ1) is 13.6. The molecule has 2 heterocycles. The lowest BCUT2D eigenvalue weighted by Gasteiger charge is -2.08. The van der Waals surface area contributed by atoms with Crippen molar-refractivity contribution >= 4 is 39.3 Å². The minimum absolute atomic E-state index is 0.194. The maximum atomic E-state index is 12.8. The van der Waals surface area contributed by atoms with E-state index in [1.807, 2.05) is 0 Å². The topological polar surface area (TPSA) is 92.7 Å². The predicted octanol–water partition coefficient (Wildman–Crippen LogP) is 1.83. The van der Waals surface area contributed by atoms with E-state index in [2.05, 4.69) is 19.7 Å². The SMILES string of the molecule is O=S(=O)(Nc1ccc(F)cc1)n1cnc2c(=S)nc[nH]c21. The third kappa shape index (κ3) is 2.50. The highest BCUT2D eigenvalue weighted by Crippen LogP contribution is 2.15. The van der Waals surface area contributed by atoms with Crippen molar-refractivity contribution in [3.8, 4) is 0 Å². The van der Waals surface area contributed by atoms with E-state index in [1.165, 1.54) is 18.5 Å². The molecule has 2 N–H and O–H groups in total. The Bertz CT molecular complexity index is 962. The van der Waals surface area contributed by atoms with Crippen molar-refractivity contribution in [3.05, 3.63) is 47.4 Å². The minimum atomic E-state index is -3.95. The van der Waals surface area contributed by atoms with Crippen LogP contribution in [0.15, 0.2) is 36.9 Å². The first-order valence-electron chi connectivity index (χ1n) is 5.67. The number of rotatable bonds is 3. The van der Waals surface area contributed by atoms with Crippen molar-refractivity contribution in [1.82, 2.24) is 18.9 Å². The molecule has 0 fully saturated rings. The molecule has 10 heteroatoms. The van der Waals surface area contributed by atoms with Gasteiger partial charge >= 0.3 is 10.2 Å². The van der Waals surface area contributed by atoms with Gasteiger partial charge in [-0.25, -0.2) is 14.4 Å². The Morgan fingerprint density at radius 2 is 1.95 bits per heavy atom. The quantitative estimate of drug-likeness (QED) is 0.717. The van der Waals surface area contributed by atoms with E-state index in [0.717, 1.165) is 22.4 Å². The molecule has 0 saturated heterocycles. The number of hydrogen-bond donors (Lipinski definition) is 2. The lowest BCUT2D eigenvalue weighted by atomic mass is 10.3. The van der Waals surface area contributed by atoms with Gasteiger partial charge in [-0.05, 0) is 24.3 Å². The zero-order valence-corrected chi connectivity index (χ0v) is 11.9. The van der Waals surface area contributed by atoms with Crippen molar-refractivity contribution < 1.29 is 12.8 Å². The van der Waals surface area contributed by atoms with Crippen molar-refractivity contribution in [2.45, 2.75) is 0 Å². The summed E-state index contributed by atoms with van der Waals surface area (Å²) in [4.78, 5) is 10.4. The maximum absolute atomic E-state index is 12.8. The Kier molecular flexibility index (Phi) is 3.18. The van der Waals surface area contributed by atoms with Crippen LogP contribution < -0.4 is 4.72 Å². The van der Waals surface area contributed by atoms with Crippen LogP contribution in [-0.2, 0) is 10.2 Å². The number of hydrogen-bond acceptors (Lipinski definition) is 5. The molecule has 1 aromatic carbocycles. The first-order chi connectivity index (χ1) is 9.97. The van der Waals surface area contributed by atoms with Crippen LogP contribution in [0.4, 0.5) is 10.1 Å². The molecule has 0 unspecified atom stereocenters. The van der Waals surface area contributed by atoms with Crippen molar-refractivity contribution in [2.75, 3.05) is 4.72 Å². The molecule has 0 amide bonds. The molecule has 3 rings (SSSR count). The Morgan fingerprint density at radius 3 is 2.67 bits per heavy atom. The zero-order chi connectivity index (χ0) is 15.0. The number of nitrogens with zero attached hydrogens (tertiary/aromatic N) is 3. The van der Waals surface area contributed by atoms with E-state index in [-0.39, 0.29) is 21.5 Å². The van der Waals surface area contributed by atoms with Gasteiger partial charge < -0.3 is 4.98 Å². The molecule has 0 atom stereocenters.